The Kier molecular flexibility index (Phi) is 8.94. The van der Waals surface area contributed by atoms with E-state index in [1.165, 1.54) is 14.2 Å². The van der Waals surface area contributed by atoms with Crippen molar-refractivity contribution < 1.29 is 38.4 Å². The first-order valence-electron chi connectivity index (χ1n) is 14.1. The Labute approximate surface area is 256 Å². The minimum Gasteiger partial charge on any atom is -0.497 e. The highest BCUT2D eigenvalue weighted by molar-refractivity contribution is 5.85. The topological polar surface area (TPSA) is 104 Å². The highest BCUT2D eigenvalue weighted by atomic mass is 16.5. The number of nitrogens with zero attached hydrogens (tertiary/aromatic N) is 1. The molecule has 1 heterocycles. The van der Waals surface area contributed by atoms with Crippen LogP contribution in [0.15, 0.2) is 91.0 Å². The summed E-state index contributed by atoms with van der Waals surface area (Å²) in [7, 11) is 6.10. The summed E-state index contributed by atoms with van der Waals surface area (Å²) in [4.78, 5) is 29.6. The number of aliphatic carboxylic acids is 1. The number of hydrogen-bond acceptors (Lipinski definition) is 7. The van der Waals surface area contributed by atoms with Gasteiger partial charge in [-0.05, 0) is 40.8 Å². The number of carbonyl (C=O) groups excluding carboxylic acids is 1. The molecule has 4 aromatic carbocycles. The lowest BCUT2D eigenvalue weighted by Crippen LogP contribution is -2.64. The fourth-order valence-electron chi connectivity index (χ4n) is 5.96. The van der Waals surface area contributed by atoms with E-state index in [9.17, 15) is 14.7 Å². The Morgan fingerprint density at radius 1 is 0.750 bits per heavy atom. The maximum atomic E-state index is 14.5. The number of rotatable bonds is 11. The highest BCUT2D eigenvalue weighted by Gasteiger charge is 2.56. The van der Waals surface area contributed by atoms with E-state index >= 15 is 0 Å². The van der Waals surface area contributed by atoms with Crippen LogP contribution in [0.2, 0.25) is 0 Å². The molecule has 1 N–H and O–H groups in total. The normalized spacial score (nSPS) is 16.3. The van der Waals surface area contributed by atoms with Gasteiger partial charge in [0.2, 0.25) is 12.0 Å². The molecular weight excluding hydrogens is 562 g/mol. The predicted octanol–water partition coefficient (Wildman–Crippen LogP) is 5.12. The van der Waals surface area contributed by atoms with Crippen LogP contribution >= 0.6 is 0 Å². The molecule has 0 bridgehead atoms. The summed E-state index contributed by atoms with van der Waals surface area (Å²) in [5.74, 6) is 0.651. The summed E-state index contributed by atoms with van der Waals surface area (Å²) in [5.41, 5.74) is 1.33. The molecule has 0 unspecified atom stereocenters. The first kappa shape index (κ1) is 30.3. The van der Waals surface area contributed by atoms with Gasteiger partial charge in [0, 0.05) is 30.8 Å². The van der Waals surface area contributed by atoms with Gasteiger partial charge in [-0.1, -0.05) is 54.6 Å². The number of carboxylic acids is 1. The van der Waals surface area contributed by atoms with Crippen LogP contribution in [-0.2, 0) is 28.0 Å². The molecule has 0 saturated carbocycles. The number of benzene rings is 4. The van der Waals surface area contributed by atoms with Gasteiger partial charge < -0.3 is 33.7 Å². The number of hydrogen-bond donors (Lipinski definition) is 1. The van der Waals surface area contributed by atoms with Gasteiger partial charge in [0.15, 0.2) is 0 Å². The quantitative estimate of drug-likeness (QED) is 0.254. The second-order valence-corrected chi connectivity index (χ2v) is 10.4. The molecule has 2 atom stereocenters. The molecular formula is C35H35NO8. The van der Waals surface area contributed by atoms with Crippen molar-refractivity contribution in [2.24, 2.45) is 0 Å². The molecule has 0 spiro atoms. The van der Waals surface area contributed by atoms with Crippen LogP contribution in [-0.4, -0.2) is 63.0 Å². The van der Waals surface area contributed by atoms with E-state index in [-0.39, 0.29) is 24.6 Å². The number of carboxylic acid groups (broad SMARTS) is 1. The third-order valence-electron chi connectivity index (χ3n) is 7.92. The lowest BCUT2D eigenvalue weighted by Gasteiger charge is -2.51. The fraction of sp³-hybridized carbons (Fsp3) is 0.257. The van der Waals surface area contributed by atoms with Crippen LogP contribution in [0.3, 0.4) is 0 Å². The van der Waals surface area contributed by atoms with E-state index in [2.05, 4.69) is 0 Å². The largest absolute Gasteiger partial charge is 0.497 e. The maximum Gasteiger partial charge on any atom is 0.348 e. The second-order valence-electron chi connectivity index (χ2n) is 10.4. The first-order valence-corrected chi connectivity index (χ1v) is 14.1. The zero-order valence-corrected chi connectivity index (χ0v) is 25.1. The highest BCUT2D eigenvalue weighted by Crippen LogP contribution is 2.46. The molecule has 0 saturated heterocycles. The average molecular weight is 598 g/mol. The van der Waals surface area contributed by atoms with Gasteiger partial charge in [0.1, 0.15) is 34.3 Å². The van der Waals surface area contributed by atoms with Crippen molar-refractivity contribution in [1.29, 1.82) is 0 Å². The number of amides is 1. The third-order valence-corrected chi connectivity index (χ3v) is 7.92. The van der Waals surface area contributed by atoms with Gasteiger partial charge in [-0.3, -0.25) is 4.79 Å². The molecule has 1 amide bonds. The van der Waals surface area contributed by atoms with Gasteiger partial charge in [-0.15, -0.1) is 0 Å². The average Bonchev–Trinajstić information content (AvgIpc) is 3.06. The van der Waals surface area contributed by atoms with Gasteiger partial charge in [0.25, 0.3) is 0 Å². The molecule has 0 aliphatic carbocycles. The van der Waals surface area contributed by atoms with Crippen LogP contribution in [0.4, 0.5) is 0 Å². The lowest BCUT2D eigenvalue weighted by atomic mass is 9.71. The van der Waals surface area contributed by atoms with Crippen molar-refractivity contribution in [3.8, 4) is 28.7 Å². The molecule has 1 aliphatic heterocycles. The minimum absolute atomic E-state index is 0.0242. The van der Waals surface area contributed by atoms with Crippen molar-refractivity contribution in [2.75, 3.05) is 35.0 Å². The Bertz CT molecular complexity index is 1590. The van der Waals surface area contributed by atoms with Crippen LogP contribution in [0.5, 0.6) is 28.7 Å². The van der Waals surface area contributed by atoms with Crippen molar-refractivity contribution in [3.05, 3.63) is 113 Å². The van der Waals surface area contributed by atoms with Crippen molar-refractivity contribution in [3.63, 3.8) is 0 Å². The smallest absolute Gasteiger partial charge is 0.348 e. The summed E-state index contributed by atoms with van der Waals surface area (Å²) < 4.78 is 28.1. The molecule has 1 aliphatic rings. The molecule has 44 heavy (non-hydrogen) atoms. The van der Waals surface area contributed by atoms with E-state index in [4.69, 9.17) is 23.7 Å². The zero-order chi connectivity index (χ0) is 31.3. The number of fused-ring (bicyclic) bond motifs is 1. The van der Waals surface area contributed by atoms with Gasteiger partial charge in [-0.2, -0.15) is 0 Å². The van der Waals surface area contributed by atoms with Crippen LogP contribution in [0.1, 0.15) is 22.3 Å². The maximum absolute atomic E-state index is 14.5. The zero-order valence-electron chi connectivity index (χ0n) is 25.1. The van der Waals surface area contributed by atoms with Crippen LogP contribution in [0, 0.1) is 0 Å². The Balaban J connectivity index is 1.72. The minimum atomic E-state index is -1.56. The Morgan fingerprint density at radius 2 is 1.27 bits per heavy atom. The first-order chi connectivity index (χ1) is 21.3. The Hall–Kier alpha value is -5.18. The van der Waals surface area contributed by atoms with Crippen molar-refractivity contribution in [1.82, 2.24) is 4.90 Å². The van der Waals surface area contributed by atoms with Crippen molar-refractivity contribution >= 4 is 11.9 Å². The summed E-state index contributed by atoms with van der Waals surface area (Å²) in [6.45, 7) is 0.264. The lowest BCUT2D eigenvalue weighted by molar-refractivity contribution is -0.157. The van der Waals surface area contributed by atoms with Gasteiger partial charge in [-0.25, -0.2) is 4.79 Å². The monoisotopic (exact) mass is 597 g/mol. The molecule has 228 valence electrons. The van der Waals surface area contributed by atoms with E-state index < -0.39 is 17.6 Å². The standard InChI is InChI=1S/C35H35NO8/c1-40-26-16-23(17-27(19-26)41-2)18-32(37)36-15-14-24-10-8-9-13-31(24)35(36,25-11-6-5-7-12-25)33(34(38)39)44-30-21-28(42-3)20-29(22-30)43-4/h5-13,16-17,19-22,33H,14-15,18H2,1-4H3,(H,38,39)/t33-,35+/m1/s1. The summed E-state index contributed by atoms with van der Waals surface area (Å²) in [6, 6.07) is 26.9. The van der Waals surface area contributed by atoms with E-state index in [1.807, 2.05) is 54.6 Å². The third kappa shape index (κ3) is 5.73. The molecule has 9 nitrogen and oxygen atoms in total. The number of ether oxygens (including phenoxy) is 5. The molecule has 0 aromatic heterocycles. The van der Waals surface area contributed by atoms with Gasteiger partial charge in [0.05, 0.1) is 34.9 Å². The van der Waals surface area contributed by atoms with Crippen LogP contribution < -0.4 is 23.7 Å². The SMILES string of the molecule is COc1cc(CC(=O)N2CCc3ccccc3[C@@]2(c2ccccc2)[C@H](Oc2cc(OC)cc(OC)c2)C(=O)O)cc(OC)c1. The molecule has 0 fully saturated rings. The summed E-state index contributed by atoms with van der Waals surface area (Å²) >= 11 is 0. The molecule has 9 heteroatoms. The van der Waals surface area contributed by atoms with Crippen LogP contribution in [0.25, 0.3) is 0 Å². The van der Waals surface area contributed by atoms with E-state index in [0.29, 0.717) is 46.1 Å². The molecule has 4 aromatic rings. The van der Waals surface area contributed by atoms with Gasteiger partial charge >= 0.3 is 5.97 Å². The number of carbonyl (C=O) groups is 2. The van der Waals surface area contributed by atoms with E-state index in [0.717, 1.165) is 5.56 Å². The molecule has 0 radical (unpaired) electrons. The second kappa shape index (κ2) is 13.0. The number of methoxy groups -OCH3 is 4. The fourth-order valence-corrected chi connectivity index (χ4v) is 5.96. The summed E-state index contributed by atoms with van der Waals surface area (Å²) in [5, 5.41) is 11.0. The molecule has 5 rings (SSSR count). The Morgan fingerprint density at radius 3 is 1.84 bits per heavy atom. The van der Waals surface area contributed by atoms with E-state index in [1.54, 1.807) is 55.5 Å². The predicted molar refractivity (Wildman–Crippen MR) is 164 cm³/mol. The van der Waals surface area contributed by atoms with Crippen molar-refractivity contribution in [2.45, 2.75) is 24.5 Å². The summed E-state index contributed by atoms with van der Waals surface area (Å²) in [6.07, 6.45) is -1.05.